The molecule has 0 spiro atoms. The summed E-state index contributed by atoms with van der Waals surface area (Å²) in [5.74, 6) is 3.27. The Balaban J connectivity index is 1.92. The second-order valence-electron chi connectivity index (χ2n) is 4.37. The van der Waals surface area contributed by atoms with E-state index in [1.54, 1.807) is 41.8 Å². The van der Waals surface area contributed by atoms with E-state index in [0.717, 1.165) is 0 Å². The Kier molecular flexibility index (Phi) is 5.05. The number of rotatable bonds is 4. The molecule has 2 aromatic rings. The first-order valence-electron chi connectivity index (χ1n) is 6.37. The lowest BCUT2D eigenvalue weighted by atomic mass is 10.2. The van der Waals surface area contributed by atoms with Crippen LogP contribution in [-0.4, -0.2) is 11.8 Å². The number of hydrazine groups is 1. The van der Waals surface area contributed by atoms with E-state index in [1.807, 2.05) is 0 Å². The molecule has 0 radical (unpaired) electrons. The lowest BCUT2D eigenvalue weighted by molar-refractivity contribution is -0.136. The molecule has 6 nitrogen and oxygen atoms in total. The number of hydrogen-bond donors (Lipinski definition) is 3. The molecule has 4 N–H and O–H groups in total. The molecule has 0 saturated heterocycles. The van der Waals surface area contributed by atoms with Gasteiger partial charge in [-0.15, -0.1) is 0 Å². The van der Waals surface area contributed by atoms with Crippen molar-refractivity contribution in [2.24, 2.45) is 5.84 Å². The Morgan fingerprint density at radius 3 is 2.45 bits per heavy atom. The van der Waals surface area contributed by atoms with Crippen LogP contribution < -0.4 is 21.3 Å². The Bertz CT molecular complexity index is 674. The largest absolute Gasteiger partial charge is 0.489 e. The van der Waals surface area contributed by atoms with Crippen molar-refractivity contribution in [2.45, 2.75) is 6.61 Å². The van der Waals surface area contributed by atoms with Crippen molar-refractivity contribution in [3.63, 3.8) is 0 Å². The third-order valence-corrected chi connectivity index (χ3v) is 2.74. The van der Waals surface area contributed by atoms with E-state index in [4.69, 9.17) is 10.6 Å². The molecule has 2 amide bonds. The minimum Gasteiger partial charge on any atom is -0.489 e. The van der Waals surface area contributed by atoms with Crippen molar-refractivity contribution in [3.8, 4) is 5.75 Å². The molecule has 2 rings (SSSR count). The van der Waals surface area contributed by atoms with E-state index < -0.39 is 11.8 Å². The highest BCUT2D eigenvalue weighted by atomic mass is 19.1. The van der Waals surface area contributed by atoms with Crippen molar-refractivity contribution in [1.29, 1.82) is 0 Å². The monoisotopic (exact) mass is 303 g/mol. The molecule has 114 valence electrons. The maximum absolute atomic E-state index is 13.0. The van der Waals surface area contributed by atoms with Crippen LogP contribution in [0, 0.1) is 5.82 Å². The highest BCUT2D eigenvalue weighted by molar-refractivity contribution is 6.39. The summed E-state index contributed by atoms with van der Waals surface area (Å²) in [4.78, 5) is 22.3. The van der Waals surface area contributed by atoms with E-state index >= 15 is 0 Å². The first kappa shape index (κ1) is 15.5. The fourth-order valence-corrected chi connectivity index (χ4v) is 1.68. The summed E-state index contributed by atoms with van der Waals surface area (Å²) in [7, 11) is 0. The molecule has 7 heteroatoms. The van der Waals surface area contributed by atoms with Crippen molar-refractivity contribution >= 4 is 17.5 Å². The molecule has 0 aliphatic carbocycles. The summed E-state index contributed by atoms with van der Waals surface area (Å²) >= 11 is 0. The molecule has 0 unspecified atom stereocenters. The summed E-state index contributed by atoms with van der Waals surface area (Å²) in [6, 6.07) is 12.5. The Hall–Kier alpha value is -2.93. The van der Waals surface area contributed by atoms with Gasteiger partial charge < -0.3 is 10.1 Å². The zero-order chi connectivity index (χ0) is 15.9. The van der Waals surface area contributed by atoms with Crippen molar-refractivity contribution < 1.29 is 18.7 Å². The first-order valence-corrected chi connectivity index (χ1v) is 6.37. The molecule has 0 aliphatic rings. The van der Waals surface area contributed by atoms with Crippen LogP contribution in [0.15, 0.2) is 48.5 Å². The van der Waals surface area contributed by atoms with E-state index in [9.17, 15) is 14.0 Å². The molecular weight excluding hydrogens is 289 g/mol. The van der Waals surface area contributed by atoms with Gasteiger partial charge in [-0.2, -0.15) is 0 Å². The van der Waals surface area contributed by atoms with E-state index in [2.05, 4.69) is 5.32 Å². The predicted octanol–water partition coefficient (Wildman–Crippen LogP) is 1.33. The van der Waals surface area contributed by atoms with Gasteiger partial charge in [0.15, 0.2) is 0 Å². The fraction of sp³-hybridized carbons (Fsp3) is 0.0667. The van der Waals surface area contributed by atoms with Crippen LogP contribution in [0.2, 0.25) is 0 Å². The van der Waals surface area contributed by atoms with E-state index in [-0.39, 0.29) is 12.4 Å². The van der Waals surface area contributed by atoms with Gasteiger partial charge in [-0.3, -0.25) is 15.0 Å². The Labute approximate surface area is 126 Å². The summed E-state index contributed by atoms with van der Waals surface area (Å²) < 4.78 is 18.5. The lowest BCUT2D eigenvalue weighted by Gasteiger charge is -2.08. The number of carbonyl (C=O) groups excluding carboxylic acids is 2. The van der Waals surface area contributed by atoms with Gasteiger partial charge in [0.1, 0.15) is 18.2 Å². The smallest absolute Gasteiger partial charge is 0.323 e. The van der Waals surface area contributed by atoms with E-state index in [1.165, 1.54) is 12.1 Å². The summed E-state index contributed by atoms with van der Waals surface area (Å²) in [5, 5.41) is 2.36. The Morgan fingerprint density at radius 2 is 1.82 bits per heavy atom. The highest BCUT2D eigenvalue weighted by Crippen LogP contribution is 2.17. The molecule has 0 atom stereocenters. The zero-order valence-corrected chi connectivity index (χ0v) is 11.5. The molecule has 0 fully saturated rings. The van der Waals surface area contributed by atoms with Gasteiger partial charge in [-0.05, 0) is 42.0 Å². The van der Waals surface area contributed by atoms with Crippen molar-refractivity contribution in [3.05, 3.63) is 59.9 Å². The van der Waals surface area contributed by atoms with Gasteiger partial charge in [0, 0.05) is 5.69 Å². The predicted molar refractivity (Wildman–Crippen MR) is 78.1 cm³/mol. The minimum atomic E-state index is -0.938. The summed E-state index contributed by atoms with van der Waals surface area (Å²) in [6.45, 7) is 0.221. The quantitative estimate of drug-likeness (QED) is 0.344. The number of anilines is 1. The van der Waals surface area contributed by atoms with Crippen LogP contribution in [-0.2, 0) is 16.2 Å². The number of carbonyl (C=O) groups is 2. The molecule has 0 aliphatic heterocycles. The number of nitrogens with one attached hydrogen (secondary N) is 2. The van der Waals surface area contributed by atoms with E-state index in [0.29, 0.717) is 17.0 Å². The second kappa shape index (κ2) is 7.19. The van der Waals surface area contributed by atoms with Crippen molar-refractivity contribution in [1.82, 2.24) is 5.43 Å². The number of hydrogen-bond acceptors (Lipinski definition) is 4. The second-order valence-corrected chi connectivity index (χ2v) is 4.37. The average molecular weight is 303 g/mol. The van der Waals surface area contributed by atoms with Crippen LogP contribution in [0.1, 0.15) is 5.56 Å². The summed E-state index contributed by atoms with van der Waals surface area (Å²) in [6.07, 6.45) is 0. The fourth-order valence-electron chi connectivity index (χ4n) is 1.68. The first-order chi connectivity index (χ1) is 10.6. The third kappa shape index (κ3) is 4.29. The van der Waals surface area contributed by atoms with Gasteiger partial charge >= 0.3 is 11.8 Å². The van der Waals surface area contributed by atoms with Gasteiger partial charge in [-0.1, -0.05) is 12.1 Å². The normalized spacial score (nSPS) is 9.91. The molecule has 0 aromatic heterocycles. The number of nitrogens with two attached hydrogens (primary N) is 1. The van der Waals surface area contributed by atoms with Crippen LogP contribution >= 0.6 is 0 Å². The highest BCUT2D eigenvalue weighted by Gasteiger charge is 2.11. The molecule has 22 heavy (non-hydrogen) atoms. The third-order valence-electron chi connectivity index (χ3n) is 2.74. The summed E-state index contributed by atoms with van der Waals surface area (Å²) in [5.41, 5.74) is 2.86. The van der Waals surface area contributed by atoms with Gasteiger partial charge in [0.05, 0.1) is 0 Å². The number of benzene rings is 2. The SMILES string of the molecule is NNC(=O)C(=O)Nc1ccc(OCc2cccc(F)c2)cc1. The maximum Gasteiger partial charge on any atom is 0.323 e. The van der Waals surface area contributed by atoms with Crippen LogP contribution in [0.25, 0.3) is 0 Å². The maximum atomic E-state index is 13.0. The lowest BCUT2D eigenvalue weighted by Crippen LogP contribution is -2.39. The standard InChI is InChI=1S/C15H14FN3O3/c16-11-3-1-2-10(8-11)9-22-13-6-4-12(5-7-13)18-14(20)15(21)19-17/h1-8H,9,17H2,(H,18,20)(H,19,21). The van der Waals surface area contributed by atoms with Crippen LogP contribution in [0.5, 0.6) is 5.75 Å². The molecular formula is C15H14FN3O3. The molecule has 0 bridgehead atoms. The van der Waals surface area contributed by atoms with Crippen molar-refractivity contribution in [2.75, 3.05) is 5.32 Å². The average Bonchev–Trinajstić information content (AvgIpc) is 2.53. The Morgan fingerprint density at radius 1 is 1.09 bits per heavy atom. The zero-order valence-electron chi connectivity index (χ0n) is 11.5. The van der Waals surface area contributed by atoms with Gasteiger partial charge in [0.25, 0.3) is 0 Å². The topological polar surface area (TPSA) is 93.5 Å². The molecule has 0 saturated carbocycles. The number of halogens is 1. The molecule has 2 aromatic carbocycles. The van der Waals surface area contributed by atoms with Gasteiger partial charge in [0.2, 0.25) is 0 Å². The molecule has 0 heterocycles. The number of amides is 2. The number of ether oxygens (including phenoxy) is 1. The van der Waals surface area contributed by atoms with Crippen LogP contribution in [0.4, 0.5) is 10.1 Å². The minimum absolute atomic E-state index is 0.221. The van der Waals surface area contributed by atoms with Crippen LogP contribution in [0.3, 0.4) is 0 Å². The van der Waals surface area contributed by atoms with Gasteiger partial charge in [-0.25, -0.2) is 10.2 Å².